The number of anilines is 1. The van der Waals surface area contributed by atoms with Gasteiger partial charge in [-0.05, 0) is 24.6 Å². The fourth-order valence-electron chi connectivity index (χ4n) is 3.59. The molecule has 0 aromatic carbocycles. The molecule has 2 fully saturated rings. The van der Waals surface area contributed by atoms with E-state index < -0.39 is 11.9 Å². The van der Waals surface area contributed by atoms with Crippen LogP contribution in [-0.4, -0.2) is 64.8 Å². The number of pyridine rings is 1. The van der Waals surface area contributed by atoms with Gasteiger partial charge in [-0.1, -0.05) is 6.07 Å². The van der Waals surface area contributed by atoms with Gasteiger partial charge in [0.1, 0.15) is 6.07 Å². The van der Waals surface area contributed by atoms with Crippen molar-refractivity contribution in [1.82, 2.24) is 9.88 Å². The third kappa shape index (κ3) is 4.80. The summed E-state index contributed by atoms with van der Waals surface area (Å²) >= 11 is 1.62. The van der Waals surface area contributed by atoms with E-state index in [2.05, 4.69) is 27.9 Å². The van der Waals surface area contributed by atoms with Gasteiger partial charge in [0, 0.05) is 43.7 Å². The Bertz CT molecular complexity index is 951. The van der Waals surface area contributed by atoms with Crippen molar-refractivity contribution in [2.24, 2.45) is 5.92 Å². The normalized spacial score (nSPS) is 20.3. The van der Waals surface area contributed by atoms with Gasteiger partial charge in [-0.15, -0.1) is 11.3 Å². The van der Waals surface area contributed by atoms with E-state index in [9.17, 15) is 14.9 Å². The monoisotopic (exact) mass is 412 g/mol. The molecule has 4 rings (SSSR count). The highest BCUT2D eigenvalue weighted by atomic mass is 32.1. The van der Waals surface area contributed by atoms with E-state index in [1.165, 1.54) is 6.54 Å². The lowest BCUT2D eigenvalue weighted by atomic mass is 9.91. The van der Waals surface area contributed by atoms with Gasteiger partial charge in [-0.3, -0.25) is 4.98 Å². The van der Waals surface area contributed by atoms with Crippen molar-refractivity contribution in [3.63, 3.8) is 0 Å². The van der Waals surface area contributed by atoms with Gasteiger partial charge in [0.05, 0.1) is 28.0 Å². The van der Waals surface area contributed by atoms with Crippen LogP contribution in [0, 0.1) is 17.2 Å². The Morgan fingerprint density at radius 2 is 2.00 bits per heavy atom. The Balaban J connectivity index is 0.000000258. The number of hydrogen-bond donors (Lipinski definition) is 2. The zero-order valence-electron chi connectivity index (χ0n) is 15.7. The quantitative estimate of drug-likeness (QED) is 0.734. The highest BCUT2D eigenvalue weighted by Gasteiger charge is 2.44. The first-order chi connectivity index (χ1) is 13.9. The second kappa shape index (κ2) is 8.86. The summed E-state index contributed by atoms with van der Waals surface area (Å²) in [7, 11) is 2.18. The molecule has 0 aliphatic carbocycles. The molecule has 0 radical (unpaired) electrons. The van der Waals surface area contributed by atoms with Gasteiger partial charge in [-0.2, -0.15) is 5.26 Å². The zero-order valence-corrected chi connectivity index (χ0v) is 16.5. The number of likely N-dealkylation sites (N-methyl/N-ethyl adjacent to an activating group) is 1. The number of carboxylic acids is 2. The van der Waals surface area contributed by atoms with Crippen molar-refractivity contribution in [2.75, 3.05) is 31.6 Å². The largest absolute Gasteiger partial charge is 0.478 e. The molecule has 2 saturated heterocycles. The third-order valence-corrected chi connectivity index (χ3v) is 5.75. The van der Waals surface area contributed by atoms with E-state index in [1.807, 2.05) is 29.8 Å². The Hall–Kier alpha value is -3.22. The van der Waals surface area contributed by atoms with Crippen molar-refractivity contribution in [2.45, 2.75) is 6.04 Å². The van der Waals surface area contributed by atoms with Crippen molar-refractivity contribution in [3.05, 3.63) is 47.5 Å². The minimum absolute atomic E-state index is 0.558. The Kier molecular flexibility index (Phi) is 6.26. The lowest BCUT2D eigenvalue weighted by Crippen LogP contribution is -2.55. The molecule has 0 bridgehead atoms. The fourth-order valence-corrected chi connectivity index (χ4v) is 4.33. The number of aromatic nitrogens is 1. The number of nitriles is 1. The highest BCUT2D eigenvalue weighted by Crippen LogP contribution is 2.37. The third-order valence-electron chi connectivity index (χ3n) is 4.87. The van der Waals surface area contributed by atoms with Gasteiger partial charge in [-0.25, -0.2) is 9.59 Å². The molecular formula is C20H20N4O4S. The number of likely N-dealkylation sites (tertiary alicyclic amines) is 1. The van der Waals surface area contributed by atoms with Gasteiger partial charge in [0.2, 0.25) is 0 Å². The molecule has 9 heteroatoms. The molecule has 2 N–H and O–H groups in total. The predicted octanol–water partition coefficient (Wildman–Crippen LogP) is 2.14. The lowest BCUT2D eigenvalue weighted by molar-refractivity contribution is -0.134. The first kappa shape index (κ1) is 20.5. The summed E-state index contributed by atoms with van der Waals surface area (Å²) in [5, 5.41) is 27.1. The van der Waals surface area contributed by atoms with Crippen LogP contribution in [0.25, 0.3) is 10.6 Å². The number of carboxylic acid groups (broad SMARTS) is 2. The lowest BCUT2D eigenvalue weighted by Gasteiger charge is -2.45. The van der Waals surface area contributed by atoms with Crippen LogP contribution in [0.2, 0.25) is 0 Å². The molecule has 2 aliphatic rings. The fraction of sp³-hybridized carbons (Fsp3) is 0.300. The molecule has 2 aliphatic heterocycles. The molecular weight excluding hydrogens is 392 g/mol. The molecule has 150 valence electrons. The topological polar surface area (TPSA) is 118 Å². The number of carbonyl (C=O) groups is 2. The SMILES string of the molecule is CN1C[C@@H]2CN(c3cnc(-c4cccs4)c(C#N)c3)[C@@H]2C1.O=C(O)C=CC(=O)O. The maximum absolute atomic E-state index is 9.55. The molecule has 0 saturated carbocycles. The molecule has 0 amide bonds. The highest BCUT2D eigenvalue weighted by molar-refractivity contribution is 7.13. The minimum Gasteiger partial charge on any atom is -0.478 e. The maximum atomic E-state index is 9.55. The number of thiophene rings is 1. The predicted molar refractivity (Wildman–Crippen MR) is 109 cm³/mol. The average Bonchev–Trinajstić information content (AvgIpc) is 3.30. The van der Waals surface area contributed by atoms with E-state index in [0.717, 1.165) is 35.3 Å². The van der Waals surface area contributed by atoms with E-state index >= 15 is 0 Å². The molecule has 0 spiro atoms. The molecule has 2 atom stereocenters. The van der Waals surface area contributed by atoms with Crippen LogP contribution in [-0.2, 0) is 9.59 Å². The Morgan fingerprint density at radius 1 is 1.28 bits per heavy atom. The standard InChI is InChI=1S/C16H16N4S.C4H4O4/c1-19-8-12-9-20(14(12)10-19)13-5-11(6-17)16(18-7-13)15-3-2-4-21-15;5-3(6)1-2-4(7)8/h2-5,7,12,14H,8-10H2,1H3;1-2H,(H,5,6)(H,7,8)/t12-,14-;/m1./s1. The Labute approximate surface area is 171 Å². The minimum atomic E-state index is -1.26. The Morgan fingerprint density at radius 3 is 2.55 bits per heavy atom. The average molecular weight is 412 g/mol. The summed E-state index contributed by atoms with van der Waals surface area (Å²) in [5.74, 6) is -1.74. The van der Waals surface area contributed by atoms with Gasteiger partial charge >= 0.3 is 11.9 Å². The van der Waals surface area contributed by atoms with Gasteiger partial charge in [0.25, 0.3) is 0 Å². The van der Waals surface area contributed by atoms with Crippen LogP contribution in [0.3, 0.4) is 0 Å². The number of rotatable bonds is 4. The second-order valence-electron chi connectivity index (χ2n) is 6.89. The van der Waals surface area contributed by atoms with Crippen molar-refractivity contribution < 1.29 is 19.8 Å². The van der Waals surface area contributed by atoms with Crippen LogP contribution in [0.5, 0.6) is 0 Å². The molecule has 4 heterocycles. The summed E-state index contributed by atoms with van der Waals surface area (Å²) in [6, 6.07) is 8.90. The molecule has 29 heavy (non-hydrogen) atoms. The summed E-state index contributed by atoms with van der Waals surface area (Å²) in [4.78, 5) is 29.5. The van der Waals surface area contributed by atoms with Crippen LogP contribution in [0.4, 0.5) is 5.69 Å². The van der Waals surface area contributed by atoms with E-state index in [-0.39, 0.29) is 0 Å². The van der Waals surface area contributed by atoms with Crippen molar-refractivity contribution in [1.29, 1.82) is 5.26 Å². The van der Waals surface area contributed by atoms with Crippen LogP contribution in [0.15, 0.2) is 41.9 Å². The molecule has 8 nitrogen and oxygen atoms in total. The molecule has 0 unspecified atom stereocenters. The maximum Gasteiger partial charge on any atom is 0.328 e. The first-order valence-corrected chi connectivity index (χ1v) is 9.80. The van der Waals surface area contributed by atoms with E-state index in [1.54, 1.807) is 11.3 Å². The summed E-state index contributed by atoms with van der Waals surface area (Å²) in [5.41, 5.74) is 2.56. The van der Waals surface area contributed by atoms with Crippen LogP contribution >= 0.6 is 11.3 Å². The summed E-state index contributed by atoms with van der Waals surface area (Å²) in [6.45, 7) is 3.38. The van der Waals surface area contributed by atoms with Gasteiger partial charge < -0.3 is 20.0 Å². The number of fused-ring (bicyclic) bond motifs is 1. The number of hydrogen-bond acceptors (Lipinski definition) is 7. The smallest absolute Gasteiger partial charge is 0.328 e. The summed E-state index contributed by atoms with van der Waals surface area (Å²) in [6.07, 6.45) is 3.04. The van der Waals surface area contributed by atoms with Crippen LogP contribution in [0.1, 0.15) is 5.56 Å². The van der Waals surface area contributed by atoms with Gasteiger partial charge in [0.15, 0.2) is 0 Å². The summed E-state index contributed by atoms with van der Waals surface area (Å²) < 4.78 is 0. The second-order valence-corrected chi connectivity index (χ2v) is 7.84. The van der Waals surface area contributed by atoms with E-state index in [4.69, 9.17) is 10.2 Å². The van der Waals surface area contributed by atoms with Crippen molar-refractivity contribution >= 4 is 29.0 Å². The molecule has 2 aromatic heterocycles. The molecule has 2 aromatic rings. The van der Waals surface area contributed by atoms with Crippen LogP contribution < -0.4 is 4.90 Å². The number of aliphatic carboxylic acids is 2. The van der Waals surface area contributed by atoms with Crippen molar-refractivity contribution in [3.8, 4) is 16.6 Å². The number of nitrogens with zero attached hydrogens (tertiary/aromatic N) is 4. The van der Waals surface area contributed by atoms with E-state index in [0.29, 0.717) is 23.8 Å². The zero-order chi connectivity index (χ0) is 21.0. The first-order valence-electron chi connectivity index (χ1n) is 8.92.